The molecule has 2 rings (SSSR count). The third-order valence-electron chi connectivity index (χ3n) is 2.36. The predicted molar refractivity (Wildman–Crippen MR) is 84.8 cm³/mol. The zero-order chi connectivity index (χ0) is 12.8. The van der Waals surface area contributed by atoms with Gasteiger partial charge in [0.25, 0.3) is 0 Å². The molecule has 2 aromatic rings. The molecule has 0 aliphatic rings. The molecule has 0 atom stereocenters. The molecule has 4 heteroatoms. The van der Waals surface area contributed by atoms with Gasteiger partial charge in [-0.3, -0.25) is 0 Å². The van der Waals surface area contributed by atoms with Gasteiger partial charge in [0, 0.05) is 32.4 Å². The lowest BCUT2D eigenvalue weighted by Crippen LogP contribution is -2.04. The Bertz CT molecular complexity index is 504. The maximum atomic E-state index is 5.90. The van der Waals surface area contributed by atoms with Crippen molar-refractivity contribution in [3.8, 4) is 0 Å². The Balaban J connectivity index is 1.79. The molecule has 1 N–H and O–H groups in total. The smallest absolute Gasteiger partial charge is 0.0485 e. The fourth-order valence-corrected chi connectivity index (χ4v) is 3.12. The van der Waals surface area contributed by atoms with E-state index < -0.39 is 0 Å². The van der Waals surface area contributed by atoms with Crippen molar-refractivity contribution < 1.29 is 0 Å². The molecule has 0 bridgehead atoms. The summed E-state index contributed by atoms with van der Waals surface area (Å²) < 4.78 is 1.000. The zero-order valence-electron chi connectivity index (χ0n) is 9.70. The second-order valence-corrected chi connectivity index (χ2v) is 6.17. The van der Waals surface area contributed by atoms with Crippen molar-refractivity contribution in [2.75, 3.05) is 17.6 Å². The highest BCUT2D eigenvalue weighted by molar-refractivity contribution is 9.10. The van der Waals surface area contributed by atoms with Crippen LogP contribution in [0.2, 0.25) is 5.02 Å². The van der Waals surface area contributed by atoms with Crippen LogP contribution < -0.4 is 5.32 Å². The van der Waals surface area contributed by atoms with Crippen molar-refractivity contribution in [1.82, 2.24) is 0 Å². The summed E-state index contributed by atoms with van der Waals surface area (Å²) in [7, 11) is 0. The molecule has 0 unspecified atom stereocenters. The molecule has 0 saturated carbocycles. The molecule has 1 nitrogen and oxygen atoms in total. The molecule has 94 valence electrons. The molecule has 2 aromatic carbocycles. The number of hydrogen-bond donors (Lipinski definition) is 1. The van der Waals surface area contributed by atoms with Crippen LogP contribution in [0.5, 0.6) is 0 Å². The first kappa shape index (κ1) is 13.8. The maximum absolute atomic E-state index is 5.90. The Labute approximate surface area is 125 Å². The fraction of sp³-hybridized carbons (Fsp3) is 0.143. The Hall–Kier alpha value is -0.640. The van der Waals surface area contributed by atoms with Gasteiger partial charge in [-0.15, -0.1) is 11.8 Å². The van der Waals surface area contributed by atoms with Gasteiger partial charge in [-0.05, 0) is 46.3 Å². The summed E-state index contributed by atoms with van der Waals surface area (Å²) in [6, 6.07) is 16.2. The van der Waals surface area contributed by atoms with Gasteiger partial charge < -0.3 is 5.32 Å². The lowest BCUT2D eigenvalue weighted by Gasteiger charge is -2.08. The van der Waals surface area contributed by atoms with E-state index in [1.165, 1.54) is 4.90 Å². The van der Waals surface area contributed by atoms with E-state index in [1.54, 1.807) is 0 Å². The van der Waals surface area contributed by atoms with Gasteiger partial charge in [-0.2, -0.15) is 0 Å². The number of anilines is 1. The lowest BCUT2D eigenvalue weighted by atomic mass is 10.3. The van der Waals surface area contributed by atoms with Crippen LogP contribution in [-0.4, -0.2) is 12.3 Å². The van der Waals surface area contributed by atoms with Crippen LogP contribution in [0.1, 0.15) is 0 Å². The van der Waals surface area contributed by atoms with Gasteiger partial charge in [-0.25, -0.2) is 0 Å². The minimum Gasteiger partial charge on any atom is -0.383 e. The van der Waals surface area contributed by atoms with E-state index in [2.05, 4.69) is 45.5 Å². The molecule has 0 saturated heterocycles. The van der Waals surface area contributed by atoms with Crippen molar-refractivity contribution in [1.29, 1.82) is 0 Å². The van der Waals surface area contributed by atoms with Crippen LogP contribution >= 0.6 is 39.3 Å². The topological polar surface area (TPSA) is 12.0 Å². The van der Waals surface area contributed by atoms with Crippen molar-refractivity contribution in [3.05, 3.63) is 58.0 Å². The largest absolute Gasteiger partial charge is 0.383 e. The van der Waals surface area contributed by atoms with Crippen LogP contribution in [0.4, 0.5) is 5.69 Å². The van der Waals surface area contributed by atoms with E-state index in [0.29, 0.717) is 0 Å². The predicted octanol–water partition coefficient (Wildman–Crippen LogP) is 5.31. The first-order valence-electron chi connectivity index (χ1n) is 5.62. The third kappa shape index (κ3) is 4.23. The molecule has 0 radical (unpaired) electrons. The van der Waals surface area contributed by atoms with E-state index in [9.17, 15) is 0 Å². The van der Waals surface area contributed by atoms with Gasteiger partial charge in [0.05, 0.1) is 0 Å². The van der Waals surface area contributed by atoms with Gasteiger partial charge in [0.1, 0.15) is 0 Å². The van der Waals surface area contributed by atoms with Crippen LogP contribution in [0.15, 0.2) is 57.9 Å². The Morgan fingerprint density at radius 1 is 1.11 bits per heavy atom. The molecule has 0 amide bonds. The molecule has 0 fully saturated rings. The van der Waals surface area contributed by atoms with Crippen LogP contribution in [0, 0.1) is 0 Å². The second kappa shape index (κ2) is 7.07. The van der Waals surface area contributed by atoms with Crippen LogP contribution in [0.25, 0.3) is 0 Å². The van der Waals surface area contributed by atoms with Gasteiger partial charge in [0.15, 0.2) is 0 Å². The summed E-state index contributed by atoms with van der Waals surface area (Å²) in [6.07, 6.45) is 0. The average Bonchev–Trinajstić information content (AvgIpc) is 2.38. The molecule has 0 aliphatic heterocycles. The molecule has 0 spiro atoms. The number of thioether (sulfide) groups is 1. The summed E-state index contributed by atoms with van der Waals surface area (Å²) in [5.41, 5.74) is 1.08. The summed E-state index contributed by atoms with van der Waals surface area (Å²) in [5.74, 6) is 1.03. The number of rotatable bonds is 5. The maximum Gasteiger partial charge on any atom is 0.0485 e. The standard InChI is InChI=1S/C14H13BrClNS/c15-13-10-11(16)6-7-14(13)17-8-9-18-12-4-2-1-3-5-12/h1-7,10,17H,8-9H2. The molecule has 0 aromatic heterocycles. The molecule has 0 heterocycles. The van der Waals surface area contributed by atoms with E-state index in [4.69, 9.17) is 11.6 Å². The van der Waals surface area contributed by atoms with Crippen molar-refractivity contribution >= 4 is 45.0 Å². The summed E-state index contributed by atoms with van der Waals surface area (Å²) in [4.78, 5) is 1.30. The molecule has 18 heavy (non-hydrogen) atoms. The summed E-state index contributed by atoms with van der Waals surface area (Å²) >= 11 is 11.2. The quantitative estimate of drug-likeness (QED) is 0.584. The SMILES string of the molecule is Clc1ccc(NCCSc2ccccc2)c(Br)c1. The normalized spacial score (nSPS) is 10.3. The highest BCUT2D eigenvalue weighted by atomic mass is 79.9. The second-order valence-electron chi connectivity index (χ2n) is 3.71. The molecule has 0 aliphatic carbocycles. The lowest BCUT2D eigenvalue weighted by molar-refractivity contribution is 1.22. The Morgan fingerprint density at radius 2 is 1.89 bits per heavy atom. The average molecular weight is 343 g/mol. The van der Waals surface area contributed by atoms with E-state index in [0.717, 1.165) is 27.5 Å². The first-order valence-corrected chi connectivity index (χ1v) is 7.78. The van der Waals surface area contributed by atoms with E-state index in [1.807, 2.05) is 36.0 Å². The third-order valence-corrected chi connectivity index (χ3v) is 4.27. The fourth-order valence-electron chi connectivity index (χ4n) is 1.50. The minimum absolute atomic E-state index is 0.742. The summed E-state index contributed by atoms with van der Waals surface area (Å²) in [6.45, 7) is 0.916. The van der Waals surface area contributed by atoms with E-state index >= 15 is 0 Å². The first-order chi connectivity index (χ1) is 8.75. The van der Waals surface area contributed by atoms with E-state index in [-0.39, 0.29) is 0 Å². The Kier molecular flexibility index (Phi) is 5.42. The highest BCUT2D eigenvalue weighted by Gasteiger charge is 1.99. The van der Waals surface area contributed by atoms with Crippen molar-refractivity contribution in [2.45, 2.75) is 4.90 Å². The summed E-state index contributed by atoms with van der Waals surface area (Å²) in [5, 5.41) is 4.13. The van der Waals surface area contributed by atoms with Gasteiger partial charge in [0.2, 0.25) is 0 Å². The van der Waals surface area contributed by atoms with Crippen molar-refractivity contribution in [3.63, 3.8) is 0 Å². The van der Waals surface area contributed by atoms with Gasteiger partial charge >= 0.3 is 0 Å². The number of halogens is 2. The van der Waals surface area contributed by atoms with Crippen molar-refractivity contribution in [2.24, 2.45) is 0 Å². The minimum atomic E-state index is 0.742. The zero-order valence-corrected chi connectivity index (χ0v) is 12.9. The Morgan fingerprint density at radius 3 is 2.61 bits per heavy atom. The number of hydrogen-bond acceptors (Lipinski definition) is 2. The highest BCUT2D eigenvalue weighted by Crippen LogP contribution is 2.26. The molecular weight excluding hydrogens is 330 g/mol. The van der Waals surface area contributed by atoms with Gasteiger partial charge in [-0.1, -0.05) is 29.8 Å². The monoisotopic (exact) mass is 341 g/mol. The number of nitrogens with one attached hydrogen (secondary N) is 1. The van der Waals surface area contributed by atoms with Crippen LogP contribution in [0.3, 0.4) is 0 Å². The molecular formula is C14H13BrClNS. The number of benzene rings is 2. The van der Waals surface area contributed by atoms with Crippen LogP contribution in [-0.2, 0) is 0 Å².